The monoisotopic (exact) mass is 1900 g/mol. The molecule has 5 aliphatic carbocycles. The Hall–Kier alpha value is -12.9. The van der Waals surface area contributed by atoms with Crippen molar-refractivity contribution in [1.29, 1.82) is 0 Å². The number of hydrogen-bond donors (Lipinski definition) is 5. The van der Waals surface area contributed by atoms with Crippen molar-refractivity contribution in [3.05, 3.63) is 222 Å². The van der Waals surface area contributed by atoms with Crippen molar-refractivity contribution >= 4 is 98.2 Å². The van der Waals surface area contributed by atoms with Gasteiger partial charge in [0.15, 0.2) is 0 Å². The fourth-order valence-electron chi connectivity index (χ4n) is 17.4. The number of nitrogen functional groups attached to an aromatic ring is 3. The molecule has 6 aromatic carbocycles. The first kappa shape index (κ1) is 95.3. The summed E-state index contributed by atoms with van der Waals surface area (Å²) in [5, 5.41) is 18.6. The van der Waals surface area contributed by atoms with Crippen LogP contribution in [0, 0.1) is 17.5 Å². The standard InChI is InChI=1S/C33H35FN6O2.C30H32FN5O3.C27H27BrFN5O3.C8H13NO2.C3H6BO2/c1-38(24-11-12-24)16-3-6-28(41)39-17-15-25(19-39)40-31(22-7-8-22)29(30-32(35)36-20-37-33(30)40)21-9-13-26(14-10-21)42-27-5-2-4-23(34)18-27;1-30(2,3)39-29(37)35-14-13-21(16-35)36-26(19-7-8-19)24(25-27(32)33-17-34-28(25)36)18-9-11-22(12-10-18)38-23-6-4-5-20(31)15-23;1-27(2,3)37-26(35)33-12-11-18(14-33)34-23(28)21(22-24(30)31-15-32-25(22)34)16-7-9-19(10-8-16)36-20-6-4-5-17(29)13-20;1-9(7-4-5-7)6-2-3-8(10)11;5-4-6-3-1-2-3/h2-6,9-10,13-14,18,20,22,24-25H,7-8,11-12,15-17,19H2,1H3,(H2,35,36,37);4-6,9-12,15,17,19,21H,7-8,13-14,16H2,1-3H3,(H2,32,33,34);4-10,13,15,18H,11-12,14H2,1-3H3,(H2,30,31,32);2-3,7H,4-6H2,1H3,(H,10,11);3,5H,1-2H2/b6-3+;;;3-2+;/t25-;21-;18-;;/m111../s1. The maximum atomic E-state index is 13.6. The number of aromatic nitrogens is 9. The van der Waals surface area contributed by atoms with Crippen molar-refractivity contribution in [3.63, 3.8) is 0 Å². The van der Waals surface area contributed by atoms with Crippen molar-refractivity contribution in [3.8, 4) is 67.9 Å². The van der Waals surface area contributed by atoms with E-state index in [1.54, 1.807) is 58.4 Å². The van der Waals surface area contributed by atoms with E-state index in [9.17, 15) is 32.3 Å². The van der Waals surface area contributed by atoms with E-state index in [-0.39, 0.29) is 53.7 Å². The number of nitrogens with two attached hydrogens (primary N) is 3. The lowest BCUT2D eigenvalue weighted by molar-refractivity contribution is -0.131. The van der Waals surface area contributed by atoms with Gasteiger partial charge in [-0.2, -0.15) is 0 Å². The molecular weight excluding hydrogens is 1790 g/mol. The van der Waals surface area contributed by atoms with Crippen LogP contribution in [0.15, 0.2) is 193 Å². The Morgan fingerprint density at radius 1 is 0.459 bits per heavy atom. The molecule has 0 spiro atoms. The largest absolute Gasteiger partial charge is 0.485 e. The van der Waals surface area contributed by atoms with Gasteiger partial charge in [-0.3, -0.25) is 14.6 Å². The van der Waals surface area contributed by atoms with Crippen LogP contribution in [0.25, 0.3) is 66.5 Å². The quantitative estimate of drug-likeness (QED) is 0.0277. The van der Waals surface area contributed by atoms with Crippen molar-refractivity contribution < 1.29 is 70.8 Å². The number of likely N-dealkylation sites (N-methyl/N-ethyl adjacent to an activating group) is 2. The summed E-state index contributed by atoms with van der Waals surface area (Å²) in [5.74, 6) is 3.26. The molecule has 3 saturated heterocycles. The van der Waals surface area contributed by atoms with Crippen molar-refractivity contribution in [2.45, 2.75) is 184 Å². The molecule has 34 heteroatoms. The summed E-state index contributed by atoms with van der Waals surface area (Å²) in [6, 6.07) is 42.7. The number of likely N-dealkylation sites (tertiary alicyclic amines) is 3. The summed E-state index contributed by atoms with van der Waals surface area (Å²) < 4.78 is 81.6. The predicted molar refractivity (Wildman–Crippen MR) is 516 cm³/mol. The van der Waals surface area contributed by atoms with Crippen molar-refractivity contribution in [2.75, 3.05) is 83.7 Å². The fraction of sp³-hybridized carbons (Fsp3) is 0.386. The minimum absolute atomic E-state index is 0.0250. The number of amides is 3. The van der Waals surface area contributed by atoms with Crippen LogP contribution in [-0.4, -0.2) is 206 Å². The Labute approximate surface area is 790 Å². The molecule has 3 amide bonds. The average molecular weight is 1900 g/mol. The van der Waals surface area contributed by atoms with E-state index in [1.807, 2.05) is 132 Å². The molecule has 705 valence electrons. The second-order valence-electron chi connectivity index (χ2n) is 37.4. The highest BCUT2D eigenvalue weighted by molar-refractivity contribution is 9.10. The molecule has 1 radical (unpaired) electrons. The predicted octanol–water partition coefficient (Wildman–Crippen LogP) is 19.6. The van der Waals surface area contributed by atoms with Gasteiger partial charge < -0.3 is 84.1 Å². The van der Waals surface area contributed by atoms with E-state index in [0.717, 1.165) is 144 Å². The summed E-state index contributed by atoms with van der Waals surface area (Å²) in [7, 11) is 4.90. The Morgan fingerprint density at radius 2 is 0.807 bits per heavy atom. The van der Waals surface area contributed by atoms with Crippen LogP contribution >= 0.6 is 15.9 Å². The van der Waals surface area contributed by atoms with Gasteiger partial charge in [-0.1, -0.05) is 66.7 Å². The van der Waals surface area contributed by atoms with E-state index in [2.05, 4.69) is 71.1 Å². The van der Waals surface area contributed by atoms with E-state index in [1.165, 1.54) is 98.5 Å². The zero-order valence-corrected chi connectivity index (χ0v) is 78.5. The first-order valence-corrected chi connectivity index (χ1v) is 46.7. The summed E-state index contributed by atoms with van der Waals surface area (Å²) in [6.45, 7) is 16.3. The number of carboxylic acid groups (broad SMARTS) is 1. The Kier molecular flexibility index (Phi) is 29.3. The molecule has 20 rings (SSSR count). The van der Waals surface area contributed by atoms with Gasteiger partial charge in [-0.05, 0) is 256 Å². The van der Waals surface area contributed by atoms with Gasteiger partial charge in [-0.25, -0.2) is 57.5 Å². The molecule has 0 unspecified atom stereocenters. The summed E-state index contributed by atoms with van der Waals surface area (Å²) >= 11 is 3.79. The van der Waals surface area contributed by atoms with Gasteiger partial charge in [0, 0.05) is 129 Å². The highest BCUT2D eigenvalue weighted by Crippen LogP contribution is 2.54. The van der Waals surface area contributed by atoms with E-state index in [0.29, 0.717) is 127 Å². The molecule has 5 saturated carbocycles. The third kappa shape index (κ3) is 23.9. The van der Waals surface area contributed by atoms with E-state index >= 15 is 0 Å². The zero-order chi connectivity index (χ0) is 95.1. The minimum atomic E-state index is -0.866. The lowest BCUT2D eigenvalue weighted by atomic mass is 10.0. The third-order valence-corrected chi connectivity index (χ3v) is 25.3. The molecule has 8 aliphatic rings. The van der Waals surface area contributed by atoms with Crippen LogP contribution in [0.5, 0.6) is 34.5 Å². The third-order valence-electron chi connectivity index (χ3n) is 24.5. The number of rotatable bonds is 24. The van der Waals surface area contributed by atoms with Gasteiger partial charge >= 0.3 is 25.8 Å². The number of ether oxygens (including phenoxy) is 5. The number of anilines is 3. The number of carbonyl (C=O) groups is 4. The zero-order valence-electron chi connectivity index (χ0n) is 76.9. The minimum Gasteiger partial charge on any atom is -0.478 e. The summed E-state index contributed by atoms with van der Waals surface area (Å²) in [5.41, 5.74) is 28.7. The number of nitrogens with zero attached hydrogens (tertiary/aromatic N) is 14. The highest BCUT2D eigenvalue weighted by atomic mass is 79.9. The molecular formula is C101H113BBrF3N17O12. The molecule has 12 aromatic rings. The number of carboxylic acids is 1. The maximum Gasteiger partial charge on any atom is 0.485 e. The number of benzene rings is 6. The van der Waals surface area contributed by atoms with Gasteiger partial charge in [0.2, 0.25) is 5.91 Å². The second-order valence-corrected chi connectivity index (χ2v) is 38.1. The molecule has 9 heterocycles. The Bertz CT molecular complexity index is 6330. The van der Waals surface area contributed by atoms with Crippen LogP contribution in [0.3, 0.4) is 0 Å². The highest BCUT2D eigenvalue weighted by Gasteiger charge is 2.42. The van der Waals surface area contributed by atoms with Crippen LogP contribution in [0.2, 0.25) is 0 Å². The van der Waals surface area contributed by atoms with Crippen LogP contribution in [0.1, 0.15) is 166 Å². The Balaban J connectivity index is 0.000000135. The lowest BCUT2D eigenvalue weighted by Gasteiger charge is -2.25. The summed E-state index contributed by atoms with van der Waals surface area (Å²) in [6.07, 6.45) is 24.8. The molecule has 8 fully saturated rings. The molecule has 6 aromatic heterocycles. The maximum absolute atomic E-state index is 13.6. The number of carbonyl (C=O) groups excluding carboxylic acids is 3. The molecule has 29 nitrogen and oxygen atoms in total. The number of halogens is 4. The number of hydrogen-bond acceptors (Lipinski definition) is 22. The molecule has 0 bridgehead atoms. The Morgan fingerprint density at radius 3 is 1.15 bits per heavy atom. The normalized spacial score (nSPS) is 17.7. The van der Waals surface area contributed by atoms with Crippen molar-refractivity contribution in [1.82, 2.24) is 68.1 Å². The first-order valence-electron chi connectivity index (χ1n) is 45.9. The lowest BCUT2D eigenvalue weighted by Crippen LogP contribution is -2.35. The molecule has 3 aliphatic heterocycles. The van der Waals surface area contributed by atoms with Crippen LogP contribution in [0.4, 0.5) is 40.2 Å². The van der Waals surface area contributed by atoms with E-state index in [4.69, 9.17) is 61.0 Å². The smallest absolute Gasteiger partial charge is 0.478 e. The fourth-order valence-corrected chi connectivity index (χ4v) is 18.3. The van der Waals surface area contributed by atoms with Gasteiger partial charge in [0.25, 0.3) is 0 Å². The SMILES string of the molecule is CC(C)(C)OC(=O)N1CC[C@@H](n2c(Br)c(-c3ccc(Oc4cccc(F)c4)cc3)c3c(N)ncnc32)C1.CC(C)(C)OC(=O)N1CC[C@@H](n2c(C3CC3)c(-c3ccc(Oc4cccc(F)c4)cc3)c3c(N)ncnc32)C1.CN(C/C=C/C(=O)N1CC[C@@H](n2c(C3CC3)c(-c3ccc(Oc4cccc(F)c4)cc3)c3c(N)ncnc32)C1)C1CC1.CN(C/C=C/C(=O)O)C1CC1.O[B]OC1CC1. The van der Waals surface area contributed by atoms with Gasteiger partial charge in [0.1, 0.15) is 117 Å². The van der Waals surface area contributed by atoms with Gasteiger partial charge in [0.05, 0.1) is 38.9 Å². The topological polar surface area (TPSA) is 351 Å². The number of aliphatic carboxylic acids is 1. The summed E-state index contributed by atoms with van der Waals surface area (Å²) in [4.78, 5) is 85.4. The molecule has 135 heavy (non-hydrogen) atoms. The molecule has 8 N–H and O–H groups in total. The van der Waals surface area contributed by atoms with E-state index < -0.39 is 17.2 Å². The molecule has 3 atom stereocenters. The number of fused-ring (bicyclic) bond motifs is 3. The van der Waals surface area contributed by atoms with Crippen molar-refractivity contribution in [2.24, 2.45) is 0 Å². The van der Waals surface area contributed by atoms with Gasteiger partial charge in [-0.15, -0.1) is 0 Å². The average Bonchev–Trinajstić information content (AvgIpc) is 1.56. The first-order chi connectivity index (χ1) is 64.9. The second kappa shape index (κ2) is 41.5. The van der Waals surface area contributed by atoms with Crippen LogP contribution < -0.4 is 31.4 Å². The van der Waals surface area contributed by atoms with Crippen LogP contribution in [-0.2, 0) is 23.7 Å².